The van der Waals surface area contributed by atoms with Gasteiger partial charge in [-0.15, -0.1) is 0 Å². The third kappa shape index (κ3) is 4.46. The van der Waals surface area contributed by atoms with Gasteiger partial charge in [-0.2, -0.15) is 0 Å². The topological polar surface area (TPSA) is 80.6 Å². The molecule has 1 saturated carbocycles. The second-order valence-electron chi connectivity index (χ2n) is 9.04. The van der Waals surface area contributed by atoms with Crippen LogP contribution in [0.4, 0.5) is 0 Å². The molecule has 7 heteroatoms. The molecule has 0 unspecified atom stereocenters. The van der Waals surface area contributed by atoms with Crippen molar-refractivity contribution in [3.63, 3.8) is 0 Å². The number of carbonyl (C=O) groups excluding carboxylic acids is 2. The Kier molecular flexibility index (Phi) is 6.56. The molecule has 3 aliphatic rings. The van der Waals surface area contributed by atoms with Crippen molar-refractivity contribution >= 4 is 11.8 Å². The summed E-state index contributed by atoms with van der Waals surface area (Å²) in [5.74, 6) is 0.657. The summed E-state index contributed by atoms with van der Waals surface area (Å²) in [6, 6.07) is 3.58. The lowest BCUT2D eigenvalue weighted by Gasteiger charge is -2.42. The van der Waals surface area contributed by atoms with Gasteiger partial charge in [0.15, 0.2) is 0 Å². The van der Waals surface area contributed by atoms with E-state index >= 15 is 0 Å². The van der Waals surface area contributed by atoms with Gasteiger partial charge in [-0.05, 0) is 50.2 Å². The zero-order valence-electron chi connectivity index (χ0n) is 17.9. The number of likely N-dealkylation sites (tertiary alicyclic amines) is 1. The normalized spacial score (nSPS) is 23.7. The Morgan fingerprint density at radius 2 is 1.93 bits per heavy atom. The quantitative estimate of drug-likeness (QED) is 0.772. The van der Waals surface area contributed by atoms with Crippen molar-refractivity contribution in [3.05, 3.63) is 33.7 Å². The minimum Gasteiger partial charge on any atom is -0.372 e. The Balaban J connectivity index is 1.45. The molecule has 164 valence electrons. The van der Waals surface area contributed by atoms with Crippen molar-refractivity contribution in [2.75, 3.05) is 32.8 Å². The predicted molar refractivity (Wildman–Crippen MR) is 114 cm³/mol. The van der Waals surface area contributed by atoms with Crippen LogP contribution >= 0.6 is 0 Å². The van der Waals surface area contributed by atoms with Crippen LogP contribution < -0.4 is 10.9 Å². The highest BCUT2D eigenvalue weighted by Crippen LogP contribution is 2.35. The number of fused-ring (bicyclic) bond motifs is 4. The molecule has 2 bridgehead atoms. The molecule has 30 heavy (non-hydrogen) atoms. The lowest BCUT2D eigenvalue weighted by Crippen LogP contribution is -2.50. The number of ether oxygens (including phenoxy) is 1. The minimum atomic E-state index is -0.259. The molecule has 0 aromatic carbocycles. The number of nitrogens with zero attached hydrogens (tertiary/aromatic N) is 2. The van der Waals surface area contributed by atoms with Gasteiger partial charge in [0.1, 0.15) is 12.2 Å². The number of rotatable bonds is 6. The van der Waals surface area contributed by atoms with Crippen LogP contribution in [0.2, 0.25) is 0 Å². The fourth-order valence-electron chi connectivity index (χ4n) is 5.33. The number of hydrogen-bond donors (Lipinski definition) is 1. The lowest BCUT2D eigenvalue weighted by molar-refractivity contribution is -0.138. The first-order chi connectivity index (χ1) is 14.6. The van der Waals surface area contributed by atoms with Crippen molar-refractivity contribution in [2.24, 2.45) is 11.8 Å². The van der Waals surface area contributed by atoms with Crippen molar-refractivity contribution < 1.29 is 14.3 Å². The van der Waals surface area contributed by atoms with E-state index in [9.17, 15) is 14.4 Å². The molecule has 1 aliphatic carbocycles. The first-order valence-electron chi connectivity index (χ1n) is 11.4. The van der Waals surface area contributed by atoms with Crippen LogP contribution in [-0.2, 0) is 16.1 Å². The maximum Gasteiger partial charge on any atom is 0.263 e. The maximum absolute atomic E-state index is 13.1. The molecule has 0 radical (unpaired) electrons. The van der Waals surface area contributed by atoms with Crippen LogP contribution in [0, 0.1) is 11.8 Å². The average molecular weight is 416 g/mol. The number of nitrogens with one attached hydrogen (secondary N) is 1. The van der Waals surface area contributed by atoms with Gasteiger partial charge in [0.25, 0.3) is 11.5 Å². The van der Waals surface area contributed by atoms with Crippen LogP contribution in [0.25, 0.3) is 0 Å². The van der Waals surface area contributed by atoms with Crippen molar-refractivity contribution in [2.45, 2.75) is 57.9 Å². The van der Waals surface area contributed by atoms with E-state index < -0.39 is 0 Å². The Bertz CT molecular complexity index is 843. The van der Waals surface area contributed by atoms with Crippen molar-refractivity contribution in [3.8, 4) is 0 Å². The van der Waals surface area contributed by atoms with E-state index in [1.165, 1.54) is 19.3 Å². The number of piperidine rings is 1. The highest BCUT2D eigenvalue weighted by Gasteiger charge is 2.37. The molecule has 0 spiro atoms. The van der Waals surface area contributed by atoms with Crippen molar-refractivity contribution in [1.29, 1.82) is 0 Å². The zero-order valence-corrected chi connectivity index (χ0v) is 17.9. The average Bonchev–Trinajstić information content (AvgIpc) is 2.77. The van der Waals surface area contributed by atoms with Crippen LogP contribution in [0.5, 0.6) is 0 Å². The van der Waals surface area contributed by atoms with Crippen LogP contribution in [0.15, 0.2) is 16.9 Å². The zero-order chi connectivity index (χ0) is 21.1. The number of carbonyl (C=O) groups is 2. The minimum absolute atomic E-state index is 0.0149. The summed E-state index contributed by atoms with van der Waals surface area (Å²) in [5, 5.41) is 2.99. The van der Waals surface area contributed by atoms with Crippen LogP contribution in [-0.4, -0.2) is 54.1 Å². The molecule has 2 amide bonds. The van der Waals surface area contributed by atoms with E-state index in [0.717, 1.165) is 25.0 Å². The molecule has 1 aromatic rings. The van der Waals surface area contributed by atoms with Crippen LogP contribution in [0.1, 0.15) is 67.4 Å². The van der Waals surface area contributed by atoms with Crippen molar-refractivity contribution in [1.82, 2.24) is 14.8 Å². The third-order valence-corrected chi connectivity index (χ3v) is 6.91. The third-order valence-electron chi connectivity index (χ3n) is 6.91. The summed E-state index contributed by atoms with van der Waals surface area (Å²) in [5.41, 5.74) is 0.977. The van der Waals surface area contributed by atoms with Gasteiger partial charge in [-0.25, -0.2) is 0 Å². The smallest absolute Gasteiger partial charge is 0.263 e. The molecule has 3 heterocycles. The Labute approximate surface area is 177 Å². The summed E-state index contributed by atoms with van der Waals surface area (Å²) in [6.07, 6.45) is 7.04. The maximum atomic E-state index is 13.1. The number of pyridine rings is 1. The Hall–Kier alpha value is -2.15. The summed E-state index contributed by atoms with van der Waals surface area (Å²) in [6.45, 7) is 4.99. The summed E-state index contributed by atoms with van der Waals surface area (Å²) < 4.78 is 7.05. The van der Waals surface area contributed by atoms with E-state index in [4.69, 9.17) is 4.74 Å². The molecule has 2 aliphatic heterocycles. The van der Waals surface area contributed by atoms with Gasteiger partial charge < -0.3 is 19.5 Å². The standard InChI is InChI=1S/C23H33N3O4/c1-2-30-15-21(27)25-12-17-10-18(14-25)20-9-8-19(23(29)26(20)13-17)22(28)24-11-16-6-4-3-5-7-16/h8-9,16-18H,2-7,10-15H2,1H3,(H,24,28)/t17-,18+/m0/s1. The highest BCUT2D eigenvalue weighted by atomic mass is 16.5. The summed E-state index contributed by atoms with van der Waals surface area (Å²) in [4.78, 5) is 40.0. The SMILES string of the molecule is CCOCC(=O)N1C[C@@H]2C[C@H](C1)c1ccc(C(=O)NCC3CCCCC3)c(=O)n1C2. The number of amides is 2. The van der Waals surface area contributed by atoms with Gasteiger partial charge in [0.2, 0.25) is 5.91 Å². The first kappa shape index (κ1) is 21.1. The van der Waals surface area contributed by atoms with Gasteiger partial charge >= 0.3 is 0 Å². The molecule has 4 rings (SSSR count). The molecular weight excluding hydrogens is 382 g/mol. The van der Waals surface area contributed by atoms with Gasteiger partial charge in [-0.1, -0.05) is 19.3 Å². The van der Waals surface area contributed by atoms with E-state index in [1.807, 2.05) is 17.9 Å². The second-order valence-corrected chi connectivity index (χ2v) is 9.04. The second kappa shape index (κ2) is 9.33. The fourth-order valence-corrected chi connectivity index (χ4v) is 5.33. The number of aromatic nitrogens is 1. The van der Waals surface area contributed by atoms with Crippen LogP contribution in [0.3, 0.4) is 0 Å². The first-order valence-corrected chi connectivity index (χ1v) is 11.4. The highest BCUT2D eigenvalue weighted by molar-refractivity contribution is 5.93. The fraction of sp³-hybridized carbons (Fsp3) is 0.696. The van der Waals surface area contributed by atoms with E-state index in [-0.39, 0.29) is 41.4 Å². The lowest BCUT2D eigenvalue weighted by atomic mass is 9.83. The van der Waals surface area contributed by atoms with E-state index in [2.05, 4.69) is 5.32 Å². The molecule has 1 N–H and O–H groups in total. The largest absolute Gasteiger partial charge is 0.372 e. The molecule has 7 nitrogen and oxygen atoms in total. The van der Waals surface area contributed by atoms with E-state index in [1.54, 1.807) is 10.6 Å². The van der Waals surface area contributed by atoms with Gasteiger partial charge in [-0.3, -0.25) is 14.4 Å². The predicted octanol–water partition coefficient (Wildman–Crippen LogP) is 2.14. The van der Waals surface area contributed by atoms with Gasteiger partial charge in [0.05, 0.1) is 0 Å². The summed E-state index contributed by atoms with van der Waals surface area (Å²) in [7, 11) is 0. The molecule has 1 aromatic heterocycles. The molecule has 2 fully saturated rings. The monoisotopic (exact) mass is 415 g/mol. The number of hydrogen-bond acceptors (Lipinski definition) is 4. The Morgan fingerprint density at radius 1 is 1.13 bits per heavy atom. The molecular formula is C23H33N3O4. The molecule has 2 atom stereocenters. The Morgan fingerprint density at radius 3 is 2.70 bits per heavy atom. The van der Waals surface area contributed by atoms with Gasteiger partial charge in [0, 0.05) is 44.4 Å². The molecule has 1 saturated heterocycles. The summed E-state index contributed by atoms with van der Waals surface area (Å²) >= 11 is 0. The van der Waals surface area contributed by atoms with E-state index in [0.29, 0.717) is 38.7 Å².